The van der Waals surface area contributed by atoms with E-state index in [1.54, 1.807) is 60.7 Å². The van der Waals surface area contributed by atoms with E-state index in [9.17, 15) is 23.1 Å². The molecule has 0 aromatic heterocycles. The Kier molecular flexibility index (Phi) is 6.41. The van der Waals surface area contributed by atoms with Gasteiger partial charge in [0.2, 0.25) is 0 Å². The molecule has 2 aromatic rings. The van der Waals surface area contributed by atoms with Crippen molar-refractivity contribution >= 4 is 5.91 Å². The minimum Gasteiger partial charge on any atom is -0.484 e. The molecule has 1 unspecified atom stereocenters. The number of benzene rings is 2. The van der Waals surface area contributed by atoms with Gasteiger partial charge in [0.25, 0.3) is 5.91 Å². The van der Waals surface area contributed by atoms with E-state index in [2.05, 4.69) is 5.32 Å². The van der Waals surface area contributed by atoms with Crippen LogP contribution in [0.15, 0.2) is 60.7 Å². The number of rotatable bonds is 7. The zero-order valence-electron chi connectivity index (χ0n) is 13.2. The van der Waals surface area contributed by atoms with Crippen LogP contribution >= 0.6 is 0 Å². The number of ether oxygens (including phenoxy) is 1. The Morgan fingerprint density at radius 3 is 2.16 bits per heavy atom. The molecule has 0 radical (unpaired) electrons. The van der Waals surface area contributed by atoms with Crippen LogP contribution in [0.2, 0.25) is 0 Å². The lowest BCUT2D eigenvalue weighted by Gasteiger charge is -2.26. The minimum atomic E-state index is -4.84. The van der Waals surface area contributed by atoms with Crippen LogP contribution in [0, 0.1) is 0 Å². The third-order valence-corrected chi connectivity index (χ3v) is 3.47. The SMILES string of the molecule is O=C(COc1ccccc1)N[C@@H](Cc1ccccc1)C(O)C(F)(F)F. The predicted octanol–water partition coefficient (Wildman–Crippen LogP) is 2.72. The highest BCUT2D eigenvalue weighted by molar-refractivity contribution is 5.78. The Balaban J connectivity index is 2.00. The number of hydrogen-bond acceptors (Lipinski definition) is 3. The zero-order chi connectivity index (χ0) is 18.3. The molecular formula is C18H18F3NO3. The number of alkyl halides is 3. The van der Waals surface area contributed by atoms with E-state index in [4.69, 9.17) is 4.74 Å². The van der Waals surface area contributed by atoms with Crippen molar-refractivity contribution in [2.45, 2.75) is 24.7 Å². The van der Waals surface area contributed by atoms with E-state index < -0.39 is 30.8 Å². The van der Waals surface area contributed by atoms with Crippen molar-refractivity contribution in [1.82, 2.24) is 5.32 Å². The smallest absolute Gasteiger partial charge is 0.416 e. The second-order valence-electron chi connectivity index (χ2n) is 5.45. The van der Waals surface area contributed by atoms with Gasteiger partial charge in [0, 0.05) is 0 Å². The summed E-state index contributed by atoms with van der Waals surface area (Å²) in [6.07, 6.45) is -7.67. The van der Waals surface area contributed by atoms with Crippen LogP contribution in [0.4, 0.5) is 13.2 Å². The molecule has 0 aliphatic heterocycles. The summed E-state index contributed by atoms with van der Waals surface area (Å²) in [5.41, 5.74) is 0.570. The summed E-state index contributed by atoms with van der Waals surface area (Å²) in [6, 6.07) is 15.3. The number of carbonyl (C=O) groups excluding carboxylic acids is 1. The van der Waals surface area contributed by atoms with Crippen LogP contribution in [0.25, 0.3) is 0 Å². The monoisotopic (exact) mass is 353 g/mol. The Hall–Kier alpha value is -2.54. The van der Waals surface area contributed by atoms with Crippen LogP contribution in [-0.4, -0.2) is 35.9 Å². The van der Waals surface area contributed by atoms with Crippen LogP contribution in [-0.2, 0) is 11.2 Å². The van der Waals surface area contributed by atoms with Crippen molar-refractivity contribution in [3.63, 3.8) is 0 Å². The van der Waals surface area contributed by atoms with Gasteiger partial charge in [-0.15, -0.1) is 0 Å². The molecular weight excluding hydrogens is 335 g/mol. The van der Waals surface area contributed by atoms with Crippen LogP contribution in [0.5, 0.6) is 5.75 Å². The van der Waals surface area contributed by atoms with Gasteiger partial charge in [0.15, 0.2) is 12.7 Å². The van der Waals surface area contributed by atoms with Gasteiger partial charge in [-0.3, -0.25) is 4.79 Å². The Bertz CT molecular complexity index is 662. The van der Waals surface area contributed by atoms with Gasteiger partial charge in [-0.05, 0) is 24.1 Å². The topological polar surface area (TPSA) is 58.6 Å². The Morgan fingerprint density at radius 1 is 1.04 bits per heavy atom. The number of nitrogens with one attached hydrogen (secondary N) is 1. The van der Waals surface area contributed by atoms with Crippen LogP contribution in [0.1, 0.15) is 5.56 Å². The second kappa shape index (κ2) is 8.53. The summed E-state index contributed by atoms with van der Waals surface area (Å²) in [7, 11) is 0. The summed E-state index contributed by atoms with van der Waals surface area (Å²) in [5, 5.41) is 11.8. The minimum absolute atomic E-state index is 0.154. The average Bonchev–Trinajstić information content (AvgIpc) is 2.60. The number of aliphatic hydroxyl groups excluding tert-OH is 1. The number of amides is 1. The Labute approximate surface area is 143 Å². The number of aliphatic hydroxyl groups is 1. The predicted molar refractivity (Wildman–Crippen MR) is 86.1 cm³/mol. The van der Waals surface area contributed by atoms with Gasteiger partial charge >= 0.3 is 6.18 Å². The summed E-state index contributed by atoms with van der Waals surface area (Å²) >= 11 is 0. The number of hydrogen-bond donors (Lipinski definition) is 2. The maximum Gasteiger partial charge on any atom is 0.416 e. The lowest BCUT2D eigenvalue weighted by Crippen LogP contribution is -2.52. The molecule has 2 aromatic carbocycles. The molecule has 0 saturated heterocycles. The van der Waals surface area contributed by atoms with Crippen molar-refractivity contribution in [3.05, 3.63) is 66.2 Å². The first kappa shape index (κ1) is 18.8. The highest BCUT2D eigenvalue weighted by Gasteiger charge is 2.44. The van der Waals surface area contributed by atoms with E-state index in [1.165, 1.54) is 0 Å². The third kappa shape index (κ3) is 6.11. The summed E-state index contributed by atoms with van der Waals surface area (Å²) in [5.74, 6) is -0.318. The molecule has 2 atom stereocenters. The molecule has 0 heterocycles. The Morgan fingerprint density at radius 2 is 1.60 bits per heavy atom. The molecule has 7 heteroatoms. The maximum absolute atomic E-state index is 12.9. The molecule has 134 valence electrons. The number of carbonyl (C=O) groups is 1. The second-order valence-corrected chi connectivity index (χ2v) is 5.45. The fraction of sp³-hybridized carbons (Fsp3) is 0.278. The van der Waals surface area contributed by atoms with Crippen molar-refractivity contribution in [2.24, 2.45) is 0 Å². The van der Waals surface area contributed by atoms with E-state index in [-0.39, 0.29) is 6.42 Å². The average molecular weight is 353 g/mol. The third-order valence-electron chi connectivity index (χ3n) is 3.47. The lowest BCUT2D eigenvalue weighted by atomic mass is 10.0. The van der Waals surface area contributed by atoms with Gasteiger partial charge in [0.05, 0.1) is 6.04 Å². The van der Waals surface area contributed by atoms with Gasteiger partial charge in [-0.1, -0.05) is 48.5 Å². The van der Waals surface area contributed by atoms with Gasteiger partial charge in [-0.2, -0.15) is 13.2 Å². The van der Waals surface area contributed by atoms with Gasteiger partial charge < -0.3 is 15.2 Å². The molecule has 0 aliphatic carbocycles. The molecule has 0 spiro atoms. The maximum atomic E-state index is 12.9. The normalized spacial score (nSPS) is 13.8. The van der Waals surface area contributed by atoms with Crippen LogP contribution < -0.4 is 10.1 Å². The summed E-state index contributed by atoms with van der Waals surface area (Å²) < 4.78 is 43.8. The highest BCUT2D eigenvalue weighted by Crippen LogP contribution is 2.24. The molecule has 0 aliphatic rings. The van der Waals surface area contributed by atoms with Crippen LogP contribution in [0.3, 0.4) is 0 Å². The first-order valence-corrected chi connectivity index (χ1v) is 7.62. The standard InChI is InChI=1S/C18H18F3NO3/c19-18(20,21)17(24)15(11-13-7-3-1-4-8-13)22-16(23)12-25-14-9-5-2-6-10-14/h1-10,15,17,24H,11-12H2,(H,22,23)/t15-,17?/m0/s1. The molecule has 1 amide bonds. The fourth-order valence-corrected chi connectivity index (χ4v) is 2.25. The molecule has 0 fully saturated rings. The van der Waals surface area contributed by atoms with Crippen molar-refractivity contribution in [1.29, 1.82) is 0 Å². The number of halogens is 3. The molecule has 4 nitrogen and oxygen atoms in total. The highest BCUT2D eigenvalue weighted by atomic mass is 19.4. The van der Waals surface area contributed by atoms with Crippen molar-refractivity contribution in [2.75, 3.05) is 6.61 Å². The number of para-hydroxylation sites is 1. The summed E-state index contributed by atoms with van der Waals surface area (Å²) in [4.78, 5) is 11.9. The van der Waals surface area contributed by atoms with Crippen molar-refractivity contribution < 1.29 is 27.8 Å². The first-order valence-electron chi connectivity index (χ1n) is 7.62. The largest absolute Gasteiger partial charge is 0.484 e. The molecule has 2 rings (SSSR count). The van der Waals surface area contributed by atoms with E-state index in [1.807, 2.05) is 0 Å². The van der Waals surface area contributed by atoms with E-state index >= 15 is 0 Å². The molecule has 0 bridgehead atoms. The van der Waals surface area contributed by atoms with E-state index in [0.29, 0.717) is 11.3 Å². The molecule has 0 saturated carbocycles. The van der Waals surface area contributed by atoms with Gasteiger partial charge in [-0.25, -0.2) is 0 Å². The summed E-state index contributed by atoms with van der Waals surface area (Å²) in [6.45, 7) is -0.445. The lowest BCUT2D eigenvalue weighted by molar-refractivity contribution is -0.212. The fourth-order valence-electron chi connectivity index (χ4n) is 2.25. The molecule has 2 N–H and O–H groups in total. The molecule has 25 heavy (non-hydrogen) atoms. The zero-order valence-corrected chi connectivity index (χ0v) is 13.2. The van der Waals surface area contributed by atoms with E-state index in [0.717, 1.165) is 0 Å². The van der Waals surface area contributed by atoms with Gasteiger partial charge in [0.1, 0.15) is 5.75 Å². The first-order chi connectivity index (χ1) is 11.9. The quantitative estimate of drug-likeness (QED) is 0.805. The van der Waals surface area contributed by atoms with Crippen molar-refractivity contribution in [3.8, 4) is 5.75 Å².